The molecule has 0 heterocycles. The fraction of sp³-hybridized carbons (Fsp3) is 0.500. The number of nitrogens with zero attached hydrogens (tertiary/aromatic N) is 1. The molecule has 0 spiro atoms. The lowest BCUT2D eigenvalue weighted by Gasteiger charge is -2.13. The molecule has 0 rings (SSSR count). The van der Waals surface area contributed by atoms with E-state index in [-0.39, 0.29) is 0 Å². The van der Waals surface area contributed by atoms with Gasteiger partial charge in [0.25, 0.3) is 0 Å². The molecule has 11 heavy (non-hydrogen) atoms. The number of hydrogen-bond acceptors (Lipinski definition) is 1. The summed E-state index contributed by atoms with van der Waals surface area (Å²) in [6.45, 7) is 10.9. The fourth-order valence-corrected chi connectivity index (χ4v) is 0.516. The first-order valence-electron chi connectivity index (χ1n) is 3.84. The molecule has 0 radical (unpaired) electrons. The largest absolute Gasteiger partial charge is 0.293 e. The van der Waals surface area contributed by atoms with Crippen molar-refractivity contribution in [2.24, 2.45) is 10.4 Å². The van der Waals surface area contributed by atoms with Crippen molar-refractivity contribution in [3.63, 3.8) is 0 Å². The SMILES string of the molecule is C=C/C=C\C=N/CC(C)(C)C. The van der Waals surface area contributed by atoms with Crippen molar-refractivity contribution in [3.8, 4) is 0 Å². The standard InChI is InChI=1S/C10H17N/c1-5-6-7-8-11-9-10(2,3)4/h5-8H,1,9H2,2-4H3/b7-6-,11-8-. The topological polar surface area (TPSA) is 12.4 Å². The first-order chi connectivity index (χ1) is 5.06. The van der Waals surface area contributed by atoms with Crippen molar-refractivity contribution in [1.82, 2.24) is 0 Å². The van der Waals surface area contributed by atoms with Gasteiger partial charge in [0.2, 0.25) is 0 Å². The van der Waals surface area contributed by atoms with Crippen molar-refractivity contribution >= 4 is 6.21 Å². The molecule has 1 heteroatoms. The molecular weight excluding hydrogens is 134 g/mol. The Hall–Kier alpha value is -0.850. The predicted molar refractivity (Wildman–Crippen MR) is 52.2 cm³/mol. The third kappa shape index (κ3) is 9.15. The normalized spacial score (nSPS) is 13.0. The molecule has 0 bridgehead atoms. The molecule has 0 aromatic heterocycles. The average Bonchev–Trinajstić information content (AvgIpc) is 1.85. The summed E-state index contributed by atoms with van der Waals surface area (Å²) >= 11 is 0. The van der Waals surface area contributed by atoms with Crippen LogP contribution in [-0.2, 0) is 0 Å². The van der Waals surface area contributed by atoms with Crippen LogP contribution in [-0.4, -0.2) is 12.8 Å². The summed E-state index contributed by atoms with van der Waals surface area (Å²) in [6, 6.07) is 0. The highest BCUT2D eigenvalue weighted by Crippen LogP contribution is 2.11. The van der Waals surface area contributed by atoms with Gasteiger partial charge in [-0.2, -0.15) is 0 Å². The van der Waals surface area contributed by atoms with Crippen molar-refractivity contribution < 1.29 is 0 Å². The van der Waals surface area contributed by atoms with Crippen LogP contribution in [0.2, 0.25) is 0 Å². The summed E-state index contributed by atoms with van der Waals surface area (Å²) in [5.41, 5.74) is 0.290. The number of aliphatic imine (C=N–C) groups is 1. The van der Waals surface area contributed by atoms with Crippen molar-refractivity contribution in [3.05, 3.63) is 24.8 Å². The minimum atomic E-state index is 0.290. The highest BCUT2D eigenvalue weighted by molar-refractivity contribution is 5.71. The molecule has 1 nitrogen and oxygen atoms in total. The monoisotopic (exact) mass is 151 g/mol. The third-order valence-corrected chi connectivity index (χ3v) is 1.00. The highest BCUT2D eigenvalue weighted by Gasteiger charge is 2.06. The number of allylic oxidation sites excluding steroid dienone is 3. The molecule has 0 saturated heterocycles. The minimum absolute atomic E-state index is 0.290. The maximum atomic E-state index is 4.22. The molecule has 0 aromatic carbocycles. The third-order valence-electron chi connectivity index (χ3n) is 1.00. The van der Waals surface area contributed by atoms with Crippen LogP contribution in [0.25, 0.3) is 0 Å². The van der Waals surface area contributed by atoms with Gasteiger partial charge >= 0.3 is 0 Å². The molecule has 0 fully saturated rings. The summed E-state index contributed by atoms with van der Waals surface area (Å²) in [4.78, 5) is 4.22. The van der Waals surface area contributed by atoms with Gasteiger partial charge in [0.05, 0.1) is 0 Å². The summed E-state index contributed by atoms with van der Waals surface area (Å²) in [6.07, 6.45) is 7.31. The Bertz CT molecular complexity index is 158. The van der Waals surface area contributed by atoms with E-state index in [4.69, 9.17) is 0 Å². The first-order valence-corrected chi connectivity index (χ1v) is 3.84. The van der Waals surface area contributed by atoms with Gasteiger partial charge in [-0.15, -0.1) is 0 Å². The molecular formula is C10H17N. The van der Waals surface area contributed by atoms with E-state index in [1.165, 1.54) is 0 Å². The second kappa shape index (κ2) is 4.89. The van der Waals surface area contributed by atoms with E-state index in [0.717, 1.165) is 6.54 Å². The van der Waals surface area contributed by atoms with E-state index in [0.29, 0.717) is 5.41 Å². The van der Waals surface area contributed by atoms with Crippen LogP contribution in [0, 0.1) is 5.41 Å². The van der Waals surface area contributed by atoms with Crippen LogP contribution in [0.15, 0.2) is 29.8 Å². The summed E-state index contributed by atoms with van der Waals surface area (Å²) in [7, 11) is 0. The Balaban J connectivity index is 3.61. The molecule has 0 aliphatic rings. The van der Waals surface area contributed by atoms with Gasteiger partial charge in [-0.25, -0.2) is 0 Å². The Kier molecular flexibility index (Phi) is 4.51. The Morgan fingerprint density at radius 2 is 1.91 bits per heavy atom. The second-order valence-electron chi connectivity index (χ2n) is 3.67. The quantitative estimate of drug-likeness (QED) is 0.434. The van der Waals surface area contributed by atoms with E-state index in [2.05, 4.69) is 32.3 Å². The Morgan fingerprint density at radius 3 is 2.36 bits per heavy atom. The van der Waals surface area contributed by atoms with Crippen LogP contribution in [0.4, 0.5) is 0 Å². The van der Waals surface area contributed by atoms with Crippen LogP contribution >= 0.6 is 0 Å². The molecule has 0 atom stereocenters. The van der Waals surface area contributed by atoms with Gasteiger partial charge in [0, 0.05) is 12.8 Å². The van der Waals surface area contributed by atoms with Crippen molar-refractivity contribution in [1.29, 1.82) is 0 Å². The lowest BCUT2D eigenvalue weighted by Crippen LogP contribution is -2.08. The predicted octanol–water partition coefficient (Wildman–Crippen LogP) is 2.85. The van der Waals surface area contributed by atoms with Crippen LogP contribution in [0.1, 0.15) is 20.8 Å². The maximum absolute atomic E-state index is 4.22. The number of hydrogen-bond donors (Lipinski definition) is 0. The van der Waals surface area contributed by atoms with E-state index in [1.807, 2.05) is 18.4 Å². The molecule has 0 N–H and O–H groups in total. The minimum Gasteiger partial charge on any atom is -0.293 e. The van der Waals surface area contributed by atoms with E-state index < -0.39 is 0 Å². The fourth-order valence-electron chi connectivity index (χ4n) is 0.516. The van der Waals surface area contributed by atoms with Crippen LogP contribution in [0.5, 0.6) is 0 Å². The zero-order valence-corrected chi connectivity index (χ0v) is 7.67. The zero-order chi connectivity index (χ0) is 8.74. The van der Waals surface area contributed by atoms with E-state index in [1.54, 1.807) is 6.08 Å². The smallest absolute Gasteiger partial charge is 0.0437 e. The van der Waals surface area contributed by atoms with E-state index in [9.17, 15) is 0 Å². The van der Waals surface area contributed by atoms with Crippen LogP contribution < -0.4 is 0 Å². The molecule has 0 aliphatic carbocycles. The maximum Gasteiger partial charge on any atom is 0.0437 e. The molecule has 62 valence electrons. The van der Waals surface area contributed by atoms with Gasteiger partial charge in [0.1, 0.15) is 0 Å². The van der Waals surface area contributed by atoms with Gasteiger partial charge < -0.3 is 0 Å². The Labute approximate surface area is 69.5 Å². The molecule has 0 saturated carbocycles. The lowest BCUT2D eigenvalue weighted by molar-refractivity contribution is 0.430. The number of rotatable bonds is 3. The Morgan fingerprint density at radius 1 is 1.27 bits per heavy atom. The molecule has 0 unspecified atom stereocenters. The molecule has 0 amide bonds. The van der Waals surface area contributed by atoms with Gasteiger partial charge in [-0.3, -0.25) is 4.99 Å². The summed E-state index contributed by atoms with van der Waals surface area (Å²) in [5, 5.41) is 0. The molecule has 0 aliphatic heterocycles. The average molecular weight is 151 g/mol. The van der Waals surface area contributed by atoms with Gasteiger partial charge in [-0.05, 0) is 11.5 Å². The summed E-state index contributed by atoms with van der Waals surface area (Å²) in [5.74, 6) is 0. The lowest BCUT2D eigenvalue weighted by atomic mass is 9.97. The van der Waals surface area contributed by atoms with Crippen molar-refractivity contribution in [2.75, 3.05) is 6.54 Å². The molecule has 0 aromatic rings. The van der Waals surface area contributed by atoms with Crippen LogP contribution in [0.3, 0.4) is 0 Å². The van der Waals surface area contributed by atoms with Gasteiger partial charge in [-0.1, -0.05) is 39.5 Å². The highest BCUT2D eigenvalue weighted by atomic mass is 14.7. The van der Waals surface area contributed by atoms with E-state index >= 15 is 0 Å². The van der Waals surface area contributed by atoms with Crippen molar-refractivity contribution in [2.45, 2.75) is 20.8 Å². The first kappa shape index (κ1) is 10.2. The zero-order valence-electron chi connectivity index (χ0n) is 7.67. The second-order valence-corrected chi connectivity index (χ2v) is 3.67. The summed E-state index contributed by atoms with van der Waals surface area (Å²) < 4.78 is 0. The van der Waals surface area contributed by atoms with Gasteiger partial charge in [0.15, 0.2) is 0 Å².